The molecule has 0 N–H and O–H groups in total. The molecule has 1 saturated carbocycles. The van der Waals surface area contributed by atoms with Crippen molar-refractivity contribution in [3.8, 4) is 0 Å². The first-order chi connectivity index (χ1) is 11.1. The van der Waals surface area contributed by atoms with Gasteiger partial charge in [-0.25, -0.2) is 4.79 Å². The van der Waals surface area contributed by atoms with Crippen LogP contribution in [0.4, 0.5) is 0 Å². The van der Waals surface area contributed by atoms with Gasteiger partial charge in [0.05, 0.1) is 5.60 Å². The Labute approximate surface area is 148 Å². The van der Waals surface area contributed by atoms with Crippen molar-refractivity contribution in [1.82, 2.24) is 0 Å². The van der Waals surface area contributed by atoms with Gasteiger partial charge in [-0.2, -0.15) is 0 Å². The second kappa shape index (κ2) is 7.16. The van der Waals surface area contributed by atoms with Crippen molar-refractivity contribution in [3.05, 3.63) is 23.5 Å². The van der Waals surface area contributed by atoms with Crippen molar-refractivity contribution in [2.24, 2.45) is 0 Å². The molecule has 0 aromatic heterocycles. The van der Waals surface area contributed by atoms with Gasteiger partial charge in [0.1, 0.15) is 5.76 Å². The molecule has 0 unspecified atom stereocenters. The third-order valence-electron chi connectivity index (χ3n) is 5.70. The summed E-state index contributed by atoms with van der Waals surface area (Å²) in [5.74, 6) is 0.519. The molecule has 3 nitrogen and oxygen atoms in total. The molecule has 24 heavy (non-hydrogen) atoms. The molecule has 0 radical (unpaired) electrons. The number of esters is 1. The minimum atomic E-state index is -1.90. The molecular weight excluding hydrogens is 316 g/mol. The van der Waals surface area contributed by atoms with Crippen LogP contribution in [0.15, 0.2) is 23.5 Å². The lowest BCUT2D eigenvalue weighted by molar-refractivity contribution is -0.132. The van der Waals surface area contributed by atoms with E-state index in [1.54, 1.807) is 6.08 Å². The highest BCUT2D eigenvalue weighted by atomic mass is 28.4. The summed E-state index contributed by atoms with van der Waals surface area (Å²) in [5.41, 5.74) is 0.764. The lowest BCUT2D eigenvalue weighted by Crippen LogP contribution is -2.50. The molecule has 0 atom stereocenters. The SMILES string of the molecule is CCCC1=CC(=O)O/C1=C\C1(O[Si](C)(C)C(C)(C)C)CCCCC1. The Bertz CT molecular complexity index is 532. The van der Waals surface area contributed by atoms with Gasteiger partial charge in [0.2, 0.25) is 0 Å². The minimum Gasteiger partial charge on any atom is -0.423 e. The van der Waals surface area contributed by atoms with Gasteiger partial charge in [-0.05, 0) is 43.5 Å². The van der Waals surface area contributed by atoms with Gasteiger partial charge in [0, 0.05) is 11.6 Å². The molecule has 1 fully saturated rings. The molecule has 0 bridgehead atoms. The number of hydrogen-bond acceptors (Lipinski definition) is 3. The van der Waals surface area contributed by atoms with Gasteiger partial charge in [0.15, 0.2) is 8.32 Å². The zero-order valence-electron chi connectivity index (χ0n) is 16.3. The van der Waals surface area contributed by atoms with Crippen molar-refractivity contribution in [2.45, 2.75) is 96.4 Å². The van der Waals surface area contributed by atoms with Crippen LogP contribution in [0, 0.1) is 0 Å². The van der Waals surface area contributed by atoms with Gasteiger partial charge in [-0.3, -0.25) is 0 Å². The maximum Gasteiger partial charge on any atom is 0.336 e. The van der Waals surface area contributed by atoms with Crippen LogP contribution in [0.3, 0.4) is 0 Å². The van der Waals surface area contributed by atoms with Crippen LogP contribution in [0.1, 0.15) is 72.6 Å². The first-order valence-corrected chi connectivity index (χ1v) is 12.4. The van der Waals surface area contributed by atoms with E-state index in [0.717, 1.165) is 37.0 Å². The highest BCUT2D eigenvalue weighted by molar-refractivity contribution is 6.74. The smallest absolute Gasteiger partial charge is 0.336 e. The van der Waals surface area contributed by atoms with Crippen molar-refractivity contribution >= 4 is 14.3 Å². The largest absolute Gasteiger partial charge is 0.423 e. The van der Waals surface area contributed by atoms with Crippen LogP contribution in [0.25, 0.3) is 0 Å². The average molecular weight is 351 g/mol. The second-order valence-corrected chi connectivity index (χ2v) is 13.6. The lowest BCUT2D eigenvalue weighted by atomic mass is 9.84. The third kappa shape index (κ3) is 4.40. The Hall–Kier alpha value is -0.873. The van der Waals surface area contributed by atoms with Crippen LogP contribution in [-0.4, -0.2) is 19.9 Å². The highest BCUT2D eigenvalue weighted by Gasteiger charge is 2.45. The Balaban J connectivity index is 2.33. The Morgan fingerprint density at radius 1 is 1.25 bits per heavy atom. The predicted molar refractivity (Wildman–Crippen MR) is 101 cm³/mol. The van der Waals surface area contributed by atoms with E-state index in [2.05, 4.69) is 46.9 Å². The maximum absolute atomic E-state index is 11.8. The predicted octanol–water partition coefficient (Wildman–Crippen LogP) is 5.88. The first-order valence-electron chi connectivity index (χ1n) is 9.44. The summed E-state index contributed by atoms with van der Waals surface area (Å²) in [5, 5.41) is 0.171. The quantitative estimate of drug-likeness (QED) is 0.459. The summed E-state index contributed by atoms with van der Waals surface area (Å²) in [6.07, 6.45) is 11.4. The molecule has 0 aromatic carbocycles. The van der Waals surface area contributed by atoms with E-state index in [-0.39, 0.29) is 16.6 Å². The summed E-state index contributed by atoms with van der Waals surface area (Å²) in [6.45, 7) is 13.6. The molecule has 0 saturated heterocycles. The van der Waals surface area contributed by atoms with Gasteiger partial charge < -0.3 is 9.16 Å². The van der Waals surface area contributed by atoms with Gasteiger partial charge in [-0.1, -0.05) is 53.4 Å². The van der Waals surface area contributed by atoms with E-state index in [9.17, 15) is 4.79 Å². The van der Waals surface area contributed by atoms with E-state index in [1.165, 1.54) is 19.3 Å². The zero-order chi connectivity index (χ0) is 18.0. The van der Waals surface area contributed by atoms with E-state index in [1.807, 2.05) is 0 Å². The Morgan fingerprint density at radius 3 is 2.42 bits per heavy atom. The van der Waals surface area contributed by atoms with E-state index in [0.29, 0.717) is 0 Å². The molecule has 0 amide bonds. The van der Waals surface area contributed by atoms with Crippen molar-refractivity contribution in [2.75, 3.05) is 0 Å². The van der Waals surface area contributed by atoms with E-state index >= 15 is 0 Å². The second-order valence-electron chi connectivity index (χ2n) is 8.84. The molecule has 4 heteroatoms. The summed E-state index contributed by atoms with van der Waals surface area (Å²) in [4.78, 5) is 11.8. The normalized spacial score (nSPS) is 23.3. The Morgan fingerprint density at radius 2 is 1.88 bits per heavy atom. The molecule has 2 rings (SSSR count). The van der Waals surface area contributed by atoms with Crippen LogP contribution in [0.2, 0.25) is 18.1 Å². The molecule has 2 aliphatic rings. The lowest BCUT2D eigenvalue weighted by Gasteiger charge is -2.46. The molecule has 0 spiro atoms. The van der Waals surface area contributed by atoms with Gasteiger partial charge in [-0.15, -0.1) is 0 Å². The number of carbonyl (C=O) groups excluding carboxylic acids is 1. The maximum atomic E-state index is 11.8. The van der Waals surface area contributed by atoms with Gasteiger partial charge in [0.25, 0.3) is 0 Å². The summed E-state index contributed by atoms with van der Waals surface area (Å²) >= 11 is 0. The fraction of sp³-hybridized carbons (Fsp3) is 0.750. The number of rotatable bonds is 5. The van der Waals surface area contributed by atoms with E-state index < -0.39 is 8.32 Å². The number of ether oxygens (including phenoxy) is 1. The highest BCUT2D eigenvalue weighted by Crippen LogP contribution is 2.44. The average Bonchev–Trinajstić information content (AvgIpc) is 2.77. The van der Waals surface area contributed by atoms with E-state index in [4.69, 9.17) is 9.16 Å². The minimum absolute atomic E-state index is 0.171. The summed E-state index contributed by atoms with van der Waals surface area (Å²) in [6, 6.07) is 0. The molecule has 136 valence electrons. The van der Waals surface area contributed by atoms with Crippen LogP contribution in [-0.2, 0) is 14.0 Å². The van der Waals surface area contributed by atoms with Crippen LogP contribution in [0.5, 0.6) is 0 Å². The summed E-state index contributed by atoms with van der Waals surface area (Å²) in [7, 11) is -1.90. The number of cyclic esters (lactones) is 1. The zero-order valence-corrected chi connectivity index (χ0v) is 17.3. The third-order valence-corrected chi connectivity index (χ3v) is 10.2. The molecular formula is C20H34O3Si. The Kier molecular flexibility index (Phi) is 5.81. The first kappa shape index (κ1) is 19.5. The molecule has 1 heterocycles. The fourth-order valence-corrected chi connectivity index (χ4v) is 4.92. The molecule has 0 aromatic rings. The van der Waals surface area contributed by atoms with Crippen molar-refractivity contribution in [1.29, 1.82) is 0 Å². The van der Waals surface area contributed by atoms with Crippen LogP contribution < -0.4 is 0 Å². The monoisotopic (exact) mass is 350 g/mol. The molecule has 1 aliphatic heterocycles. The number of allylic oxidation sites excluding steroid dienone is 1. The van der Waals surface area contributed by atoms with Crippen molar-refractivity contribution < 1.29 is 14.0 Å². The molecule has 1 aliphatic carbocycles. The van der Waals surface area contributed by atoms with Crippen LogP contribution >= 0.6 is 0 Å². The number of carbonyl (C=O) groups is 1. The number of hydrogen-bond donors (Lipinski definition) is 0. The summed E-state index contributed by atoms with van der Waals surface area (Å²) < 4.78 is 12.4. The van der Waals surface area contributed by atoms with Gasteiger partial charge >= 0.3 is 5.97 Å². The topological polar surface area (TPSA) is 35.5 Å². The standard InChI is InChI=1S/C20H34O3Si/c1-7-11-16-14-18(21)22-17(16)15-20(12-9-8-10-13-20)23-24(5,6)19(2,3)4/h14-15H,7-13H2,1-6H3/b17-15-. The van der Waals surface area contributed by atoms with Crippen molar-refractivity contribution in [3.63, 3.8) is 0 Å². The fourth-order valence-electron chi connectivity index (χ4n) is 3.33.